The van der Waals surface area contributed by atoms with Crippen LogP contribution in [-0.4, -0.2) is 83.4 Å². The molecule has 3 N–H and O–H groups in total. The lowest BCUT2D eigenvalue weighted by Gasteiger charge is -2.26. The highest BCUT2D eigenvalue weighted by atomic mass is 32.2. The van der Waals surface area contributed by atoms with Crippen molar-refractivity contribution in [2.45, 2.75) is 6.04 Å². The molecule has 0 spiro atoms. The summed E-state index contributed by atoms with van der Waals surface area (Å²) in [6.07, 6.45) is 0. The third kappa shape index (κ3) is 5.76. The number of hydrogen-bond donors (Lipinski definition) is 3. The van der Waals surface area contributed by atoms with Gasteiger partial charge in [0.25, 0.3) is 0 Å². The van der Waals surface area contributed by atoms with E-state index in [-0.39, 0.29) is 17.4 Å². The summed E-state index contributed by atoms with van der Waals surface area (Å²) in [4.78, 5) is 35.4. The maximum Gasteiger partial charge on any atom is 0.328 e. The Labute approximate surface area is 120 Å². The highest BCUT2D eigenvalue weighted by Gasteiger charge is 2.20. The van der Waals surface area contributed by atoms with Crippen LogP contribution < -0.4 is 5.32 Å². The fourth-order valence-electron chi connectivity index (χ4n) is 1.56. The molecule has 1 rings (SSSR count). The zero-order valence-corrected chi connectivity index (χ0v) is 11.7. The fourth-order valence-corrected chi connectivity index (χ4v) is 2.28. The normalized spacial score (nSPS) is 16.6. The molecule has 1 heterocycles. The number of aliphatic hydroxyl groups is 1. The Balaban J connectivity index is 2.20. The van der Waals surface area contributed by atoms with Gasteiger partial charge in [-0.1, -0.05) is 0 Å². The molecule has 1 atom stereocenters. The van der Waals surface area contributed by atoms with E-state index in [4.69, 9.17) is 14.9 Å². The molecule has 9 heteroatoms. The predicted molar refractivity (Wildman–Crippen MR) is 71.4 cm³/mol. The molecule has 1 fully saturated rings. The lowest BCUT2D eigenvalue weighted by molar-refractivity contribution is -0.142. The summed E-state index contributed by atoms with van der Waals surface area (Å²) >= 11 is 1.11. The van der Waals surface area contributed by atoms with Gasteiger partial charge < -0.3 is 25.2 Å². The summed E-state index contributed by atoms with van der Waals surface area (Å²) in [7, 11) is 0. The van der Waals surface area contributed by atoms with Crippen LogP contribution in [0.25, 0.3) is 0 Å². The average molecular weight is 306 g/mol. The molecule has 0 unspecified atom stereocenters. The van der Waals surface area contributed by atoms with Crippen LogP contribution in [0.2, 0.25) is 0 Å². The lowest BCUT2D eigenvalue weighted by atomic mass is 10.3. The molecule has 2 amide bonds. The first-order valence-electron chi connectivity index (χ1n) is 6.11. The molecule has 1 saturated heterocycles. The zero-order chi connectivity index (χ0) is 15.0. The third-order valence-electron chi connectivity index (χ3n) is 2.64. The Morgan fingerprint density at radius 2 is 1.90 bits per heavy atom. The first-order chi connectivity index (χ1) is 9.54. The van der Waals surface area contributed by atoms with Gasteiger partial charge in [0.15, 0.2) is 0 Å². The minimum atomic E-state index is -1.31. The second kappa shape index (κ2) is 8.77. The van der Waals surface area contributed by atoms with Crippen molar-refractivity contribution in [2.75, 3.05) is 44.4 Å². The van der Waals surface area contributed by atoms with Gasteiger partial charge in [0.2, 0.25) is 11.8 Å². The van der Waals surface area contributed by atoms with Crippen molar-refractivity contribution in [3.63, 3.8) is 0 Å². The smallest absolute Gasteiger partial charge is 0.328 e. The molecule has 0 aromatic carbocycles. The van der Waals surface area contributed by atoms with Crippen molar-refractivity contribution in [3.8, 4) is 0 Å². The van der Waals surface area contributed by atoms with Crippen LogP contribution in [0.4, 0.5) is 0 Å². The summed E-state index contributed by atoms with van der Waals surface area (Å²) < 4.78 is 5.13. The largest absolute Gasteiger partial charge is 0.480 e. The van der Waals surface area contributed by atoms with Gasteiger partial charge >= 0.3 is 5.97 Å². The number of aliphatic carboxylic acids is 1. The van der Waals surface area contributed by atoms with Gasteiger partial charge in [0, 0.05) is 13.1 Å². The van der Waals surface area contributed by atoms with E-state index in [1.54, 1.807) is 4.90 Å². The van der Waals surface area contributed by atoms with Crippen molar-refractivity contribution in [1.29, 1.82) is 0 Å². The minimum absolute atomic E-state index is 0.0279. The Morgan fingerprint density at radius 3 is 2.45 bits per heavy atom. The van der Waals surface area contributed by atoms with Crippen molar-refractivity contribution >= 4 is 29.5 Å². The Kier molecular flexibility index (Phi) is 7.34. The molecular formula is C11H18N2O6S. The summed E-state index contributed by atoms with van der Waals surface area (Å²) in [5, 5.41) is 19.6. The van der Waals surface area contributed by atoms with Crippen LogP contribution >= 0.6 is 11.8 Å². The molecule has 1 aliphatic heterocycles. The van der Waals surface area contributed by atoms with Crippen LogP contribution in [0, 0.1) is 0 Å². The number of hydrogen-bond acceptors (Lipinski definition) is 6. The Bertz CT molecular complexity index is 359. The summed E-state index contributed by atoms with van der Waals surface area (Å²) in [6.45, 7) is 1.48. The average Bonchev–Trinajstić information content (AvgIpc) is 2.45. The number of nitrogens with one attached hydrogen (secondary N) is 1. The number of carbonyl (C=O) groups is 3. The van der Waals surface area contributed by atoms with Crippen LogP contribution in [0.1, 0.15) is 0 Å². The SMILES string of the molecule is O=C(CSCC(=O)N1CCOCC1)N[C@@H](CO)C(=O)O. The number of morpholine rings is 1. The summed E-state index contributed by atoms with van der Waals surface area (Å²) in [5.41, 5.74) is 0. The van der Waals surface area contributed by atoms with E-state index >= 15 is 0 Å². The summed E-state index contributed by atoms with van der Waals surface area (Å²) in [6, 6.07) is -1.31. The van der Waals surface area contributed by atoms with Gasteiger partial charge in [-0.05, 0) is 0 Å². The molecule has 114 valence electrons. The highest BCUT2D eigenvalue weighted by Crippen LogP contribution is 2.05. The van der Waals surface area contributed by atoms with E-state index in [1.165, 1.54) is 0 Å². The van der Waals surface area contributed by atoms with Crippen molar-refractivity contribution in [1.82, 2.24) is 10.2 Å². The van der Waals surface area contributed by atoms with Crippen molar-refractivity contribution in [2.24, 2.45) is 0 Å². The topological polar surface area (TPSA) is 116 Å². The van der Waals surface area contributed by atoms with E-state index in [2.05, 4.69) is 5.32 Å². The van der Waals surface area contributed by atoms with E-state index < -0.39 is 24.5 Å². The first kappa shape index (κ1) is 16.7. The molecule has 0 aromatic rings. The van der Waals surface area contributed by atoms with Gasteiger partial charge in [0.1, 0.15) is 6.04 Å². The number of ether oxygens (including phenoxy) is 1. The number of amides is 2. The van der Waals surface area contributed by atoms with Gasteiger partial charge in [-0.2, -0.15) is 0 Å². The quantitative estimate of drug-likeness (QED) is 0.505. The van der Waals surface area contributed by atoms with Gasteiger partial charge in [-0.3, -0.25) is 9.59 Å². The number of rotatable bonds is 7. The molecule has 0 bridgehead atoms. The molecular weight excluding hydrogens is 288 g/mol. The van der Waals surface area contributed by atoms with E-state index in [0.717, 1.165) is 11.8 Å². The van der Waals surface area contributed by atoms with Gasteiger partial charge in [0.05, 0.1) is 31.3 Å². The number of nitrogens with zero attached hydrogens (tertiary/aromatic N) is 1. The zero-order valence-electron chi connectivity index (χ0n) is 10.9. The number of carboxylic acids is 1. The molecule has 0 radical (unpaired) electrons. The maximum atomic E-state index is 11.7. The molecule has 1 aliphatic rings. The third-order valence-corrected chi connectivity index (χ3v) is 3.56. The minimum Gasteiger partial charge on any atom is -0.480 e. The van der Waals surface area contributed by atoms with E-state index in [0.29, 0.717) is 26.3 Å². The molecule has 20 heavy (non-hydrogen) atoms. The summed E-state index contributed by atoms with van der Waals surface area (Å²) in [5.74, 6) is -1.76. The molecule has 8 nitrogen and oxygen atoms in total. The second-order valence-corrected chi connectivity index (χ2v) is 5.11. The van der Waals surface area contributed by atoms with Crippen molar-refractivity contribution in [3.05, 3.63) is 0 Å². The standard InChI is InChI=1S/C11H18N2O6S/c14-5-8(11(17)18)12-9(15)6-20-7-10(16)13-1-3-19-4-2-13/h8,14H,1-7H2,(H,12,15)(H,17,18)/t8-/m0/s1. The molecule has 0 saturated carbocycles. The first-order valence-corrected chi connectivity index (χ1v) is 7.26. The van der Waals surface area contributed by atoms with E-state index in [9.17, 15) is 14.4 Å². The van der Waals surface area contributed by atoms with Crippen LogP contribution in [0.3, 0.4) is 0 Å². The monoisotopic (exact) mass is 306 g/mol. The molecule has 0 aliphatic carbocycles. The van der Waals surface area contributed by atoms with Crippen molar-refractivity contribution < 1.29 is 29.3 Å². The lowest BCUT2D eigenvalue weighted by Crippen LogP contribution is -2.44. The Morgan fingerprint density at radius 1 is 1.25 bits per heavy atom. The fraction of sp³-hybridized carbons (Fsp3) is 0.727. The van der Waals surface area contributed by atoms with Crippen LogP contribution in [0.15, 0.2) is 0 Å². The highest BCUT2D eigenvalue weighted by molar-refractivity contribution is 8.00. The second-order valence-electron chi connectivity index (χ2n) is 4.13. The number of carboxylic acid groups (broad SMARTS) is 1. The van der Waals surface area contributed by atoms with Crippen LogP contribution in [0.5, 0.6) is 0 Å². The van der Waals surface area contributed by atoms with Gasteiger partial charge in [-0.25, -0.2) is 4.79 Å². The number of thioether (sulfide) groups is 1. The predicted octanol–water partition coefficient (Wildman–Crippen LogP) is -1.86. The van der Waals surface area contributed by atoms with Gasteiger partial charge in [-0.15, -0.1) is 11.8 Å². The number of carbonyl (C=O) groups excluding carboxylic acids is 2. The van der Waals surface area contributed by atoms with E-state index in [1.807, 2.05) is 0 Å². The number of aliphatic hydroxyl groups excluding tert-OH is 1. The maximum absolute atomic E-state index is 11.7. The molecule has 0 aromatic heterocycles. The Hall–Kier alpha value is -1.32. The van der Waals surface area contributed by atoms with Crippen LogP contribution in [-0.2, 0) is 19.1 Å².